The molecule has 98 valence electrons. The number of rotatable bonds is 3. The zero-order chi connectivity index (χ0) is 13.3. The van der Waals surface area contributed by atoms with E-state index in [2.05, 4.69) is 4.98 Å². The molecule has 1 fully saturated rings. The minimum atomic E-state index is -4.68. The first kappa shape index (κ1) is 13.2. The first-order chi connectivity index (χ1) is 8.36. The van der Waals surface area contributed by atoms with E-state index >= 15 is 0 Å². The van der Waals surface area contributed by atoms with Crippen LogP contribution in [-0.2, 0) is 21.6 Å². The Labute approximate surface area is 109 Å². The predicted octanol–water partition coefficient (Wildman–Crippen LogP) is 1.14. The van der Waals surface area contributed by atoms with Crippen LogP contribution in [0.1, 0.15) is 12.1 Å². The van der Waals surface area contributed by atoms with E-state index < -0.39 is 21.4 Å². The third-order valence-corrected chi connectivity index (χ3v) is 4.03. The smallest absolute Gasteiger partial charge is 0.307 e. The summed E-state index contributed by atoms with van der Waals surface area (Å²) in [6.07, 6.45) is -0.320. The Balaban J connectivity index is 2.10. The number of aromatic nitrogens is 1. The third-order valence-electron chi connectivity index (χ3n) is 2.70. The van der Waals surface area contributed by atoms with Crippen molar-refractivity contribution < 1.29 is 17.1 Å². The molecule has 0 aromatic carbocycles. The van der Waals surface area contributed by atoms with E-state index in [0.717, 1.165) is 0 Å². The van der Waals surface area contributed by atoms with E-state index in [0.29, 0.717) is 5.69 Å². The molecule has 2 rings (SSSR count). The van der Waals surface area contributed by atoms with Gasteiger partial charge in [0.15, 0.2) is 0 Å². The lowest BCUT2D eigenvalue weighted by Gasteiger charge is -2.15. The Morgan fingerprint density at radius 2 is 2.22 bits per heavy atom. The van der Waals surface area contributed by atoms with Crippen LogP contribution in [0.4, 0.5) is 3.89 Å². The molecule has 1 atom stereocenters. The lowest BCUT2D eigenvalue weighted by atomic mass is 10.3. The highest BCUT2D eigenvalue weighted by Gasteiger charge is 2.38. The van der Waals surface area contributed by atoms with Crippen molar-refractivity contribution in [3.63, 3.8) is 0 Å². The van der Waals surface area contributed by atoms with Crippen LogP contribution in [-0.4, -0.2) is 36.0 Å². The minimum absolute atomic E-state index is 0.130. The van der Waals surface area contributed by atoms with Gasteiger partial charge < -0.3 is 4.90 Å². The molecule has 1 aromatic heterocycles. The number of halogens is 2. The zero-order valence-electron chi connectivity index (χ0n) is 9.21. The van der Waals surface area contributed by atoms with Crippen LogP contribution in [0.3, 0.4) is 0 Å². The molecule has 0 bridgehead atoms. The summed E-state index contributed by atoms with van der Waals surface area (Å²) in [5, 5.41) is -0.988. The highest BCUT2D eigenvalue weighted by Crippen LogP contribution is 2.21. The largest absolute Gasteiger partial charge is 0.335 e. The number of hydrogen-bond acceptors (Lipinski definition) is 4. The van der Waals surface area contributed by atoms with Gasteiger partial charge in [0.1, 0.15) is 10.4 Å². The second kappa shape index (κ2) is 4.81. The Hall–Kier alpha value is -1.21. The SMILES string of the molecule is O=C1CC(S(=O)(=O)F)CN1Cc1cccc(Cl)n1. The molecular weight excluding hydrogens is 283 g/mol. The van der Waals surface area contributed by atoms with Crippen molar-refractivity contribution in [2.24, 2.45) is 0 Å². The summed E-state index contributed by atoms with van der Waals surface area (Å²) in [5.74, 6) is -0.400. The lowest BCUT2D eigenvalue weighted by Crippen LogP contribution is -2.27. The fourth-order valence-electron chi connectivity index (χ4n) is 1.81. The van der Waals surface area contributed by atoms with Crippen molar-refractivity contribution >= 4 is 27.7 Å². The Kier molecular flexibility index (Phi) is 3.54. The van der Waals surface area contributed by atoms with Crippen molar-refractivity contribution in [2.45, 2.75) is 18.2 Å². The number of nitrogens with zero attached hydrogens (tertiary/aromatic N) is 2. The number of carbonyl (C=O) groups is 1. The maximum Gasteiger partial charge on any atom is 0.307 e. The summed E-state index contributed by atoms with van der Waals surface area (Å²) in [4.78, 5) is 16.8. The predicted molar refractivity (Wildman–Crippen MR) is 63.1 cm³/mol. The molecule has 1 saturated heterocycles. The maximum atomic E-state index is 12.8. The van der Waals surface area contributed by atoms with E-state index in [1.54, 1.807) is 18.2 Å². The average Bonchev–Trinajstić information content (AvgIpc) is 2.60. The molecule has 0 radical (unpaired) electrons. The fraction of sp³-hybridized carbons (Fsp3) is 0.400. The lowest BCUT2D eigenvalue weighted by molar-refractivity contribution is -0.128. The monoisotopic (exact) mass is 292 g/mol. The van der Waals surface area contributed by atoms with E-state index in [4.69, 9.17) is 11.6 Å². The first-order valence-electron chi connectivity index (χ1n) is 5.19. The van der Waals surface area contributed by atoms with Crippen LogP contribution in [0.2, 0.25) is 5.15 Å². The van der Waals surface area contributed by atoms with Gasteiger partial charge in [-0.05, 0) is 12.1 Å². The topological polar surface area (TPSA) is 67.3 Å². The summed E-state index contributed by atoms with van der Waals surface area (Å²) >= 11 is 5.70. The highest BCUT2D eigenvalue weighted by molar-refractivity contribution is 7.87. The molecule has 1 aromatic rings. The molecule has 1 aliphatic rings. The molecular formula is C10H10ClFN2O3S. The van der Waals surface area contributed by atoms with Gasteiger partial charge in [-0.25, -0.2) is 4.98 Å². The summed E-state index contributed by atoms with van der Waals surface area (Å²) in [6, 6.07) is 4.93. The minimum Gasteiger partial charge on any atom is -0.335 e. The van der Waals surface area contributed by atoms with Crippen molar-refractivity contribution in [2.75, 3.05) is 6.54 Å². The zero-order valence-corrected chi connectivity index (χ0v) is 10.8. The molecule has 0 N–H and O–H groups in total. The van der Waals surface area contributed by atoms with Crippen LogP contribution >= 0.6 is 11.6 Å². The molecule has 1 aliphatic heterocycles. The standard InChI is InChI=1S/C10H10ClFN2O3S/c11-9-3-1-2-7(13-9)5-14-6-8(4-10(14)15)18(12,16)17/h1-3,8H,4-6H2. The number of amides is 1. The Bertz CT molecular complexity index is 578. The molecule has 0 saturated carbocycles. The second-order valence-corrected chi connectivity index (χ2v) is 6.03. The summed E-state index contributed by atoms with van der Waals surface area (Å²) in [6.45, 7) is -0.0166. The molecule has 0 spiro atoms. The van der Waals surface area contributed by atoms with Gasteiger partial charge in [-0.1, -0.05) is 17.7 Å². The quantitative estimate of drug-likeness (QED) is 0.619. The van der Waals surface area contributed by atoms with Crippen LogP contribution in [0, 0.1) is 0 Å². The van der Waals surface area contributed by atoms with Crippen molar-refractivity contribution in [1.82, 2.24) is 9.88 Å². The molecule has 18 heavy (non-hydrogen) atoms. The Morgan fingerprint density at radius 3 is 2.78 bits per heavy atom. The van der Waals surface area contributed by atoms with Gasteiger partial charge in [-0.2, -0.15) is 8.42 Å². The van der Waals surface area contributed by atoms with Crippen molar-refractivity contribution in [1.29, 1.82) is 0 Å². The summed E-state index contributed by atoms with van der Waals surface area (Å²) < 4.78 is 34.3. The summed E-state index contributed by atoms with van der Waals surface area (Å²) in [5.41, 5.74) is 0.535. The third kappa shape index (κ3) is 2.97. The van der Waals surface area contributed by atoms with E-state index in [9.17, 15) is 17.1 Å². The van der Waals surface area contributed by atoms with Gasteiger partial charge in [0.2, 0.25) is 5.91 Å². The van der Waals surface area contributed by atoms with Crippen LogP contribution in [0.25, 0.3) is 0 Å². The van der Waals surface area contributed by atoms with Crippen LogP contribution in [0.15, 0.2) is 18.2 Å². The van der Waals surface area contributed by atoms with Crippen molar-refractivity contribution in [3.8, 4) is 0 Å². The number of pyridine rings is 1. The van der Waals surface area contributed by atoms with Gasteiger partial charge in [0.25, 0.3) is 0 Å². The summed E-state index contributed by atoms with van der Waals surface area (Å²) in [7, 11) is -4.68. The molecule has 2 heterocycles. The maximum absolute atomic E-state index is 12.8. The van der Waals surface area contributed by atoms with Gasteiger partial charge in [0.05, 0.1) is 12.2 Å². The van der Waals surface area contributed by atoms with Crippen LogP contribution in [0.5, 0.6) is 0 Å². The van der Waals surface area contributed by atoms with Gasteiger partial charge in [-0.15, -0.1) is 3.89 Å². The molecule has 5 nitrogen and oxygen atoms in total. The van der Waals surface area contributed by atoms with Crippen LogP contribution < -0.4 is 0 Å². The van der Waals surface area contributed by atoms with Gasteiger partial charge in [0, 0.05) is 13.0 Å². The highest BCUT2D eigenvalue weighted by atomic mass is 35.5. The average molecular weight is 293 g/mol. The molecule has 1 amide bonds. The van der Waals surface area contributed by atoms with E-state index in [-0.39, 0.29) is 24.7 Å². The number of likely N-dealkylation sites (tertiary alicyclic amines) is 1. The Morgan fingerprint density at radius 1 is 1.50 bits per heavy atom. The molecule has 0 aliphatic carbocycles. The number of hydrogen-bond donors (Lipinski definition) is 0. The van der Waals surface area contributed by atoms with E-state index in [1.807, 2.05) is 0 Å². The first-order valence-corrected chi connectivity index (χ1v) is 7.01. The fourth-order valence-corrected chi connectivity index (χ4v) is 2.69. The van der Waals surface area contributed by atoms with Gasteiger partial charge in [-0.3, -0.25) is 4.79 Å². The van der Waals surface area contributed by atoms with E-state index in [1.165, 1.54) is 4.90 Å². The van der Waals surface area contributed by atoms with Gasteiger partial charge >= 0.3 is 10.2 Å². The molecule has 8 heteroatoms. The normalized spacial score (nSPS) is 20.4. The molecule has 1 unspecified atom stereocenters. The second-order valence-electron chi connectivity index (χ2n) is 4.03. The van der Waals surface area contributed by atoms with Crippen molar-refractivity contribution in [3.05, 3.63) is 29.0 Å². The number of carbonyl (C=O) groups excluding carboxylic acids is 1.